The molecule has 0 saturated heterocycles. The van der Waals surface area contributed by atoms with Crippen LogP contribution in [0.1, 0.15) is 31.1 Å². The van der Waals surface area contributed by atoms with Crippen molar-refractivity contribution in [2.45, 2.75) is 20.8 Å². The van der Waals surface area contributed by atoms with Crippen molar-refractivity contribution in [2.24, 2.45) is 5.41 Å². The molecule has 1 rings (SSSR count). The largest absolute Gasteiger partial charge is 0.378 e. The normalized spacial score (nSPS) is 12.2. The molecule has 0 bridgehead atoms. The van der Waals surface area contributed by atoms with Crippen molar-refractivity contribution in [2.75, 3.05) is 19.0 Å². The maximum atomic E-state index is 12.4. The van der Waals surface area contributed by atoms with Gasteiger partial charge < -0.3 is 4.90 Å². The number of hydrogen-bond acceptors (Lipinski definition) is 3. The summed E-state index contributed by atoms with van der Waals surface area (Å²) in [6.45, 7) is 5.35. The van der Waals surface area contributed by atoms with Gasteiger partial charge in [0.15, 0.2) is 5.78 Å². The zero-order valence-corrected chi connectivity index (χ0v) is 12.2. The number of rotatable bonds is 5. The van der Waals surface area contributed by atoms with Gasteiger partial charge in [-0.05, 0) is 50.6 Å². The molecule has 0 atom stereocenters. The molecule has 0 heterocycles. The van der Waals surface area contributed by atoms with Crippen LogP contribution in [-0.4, -0.2) is 26.2 Å². The predicted octanol–water partition coefficient (Wildman–Crippen LogP) is 3.11. The summed E-state index contributed by atoms with van der Waals surface area (Å²) >= 11 is 0. The van der Waals surface area contributed by atoms with Crippen LogP contribution in [0.5, 0.6) is 0 Å². The molecule has 3 nitrogen and oxygen atoms in total. The number of hydrogen-bond donors (Lipinski definition) is 0. The van der Waals surface area contributed by atoms with Crippen molar-refractivity contribution in [3.63, 3.8) is 0 Å². The Labute approximate surface area is 114 Å². The summed E-state index contributed by atoms with van der Waals surface area (Å²) in [5.74, 6) is 0.0130. The number of benzene rings is 1. The summed E-state index contributed by atoms with van der Waals surface area (Å²) in [6.07, 6.45) is 2.48. The molecule has 102 valence electrons. The number of carbonyl (C=O) groups is 2. The second-order valence-electron chi connectivity index (χ2n) is 5.50. The van der Waals surface area contributed by atoms with Crippen molar-refractivity contribution < 1.29 is 9.59 Å². The Hall–Kier alpha value is -1.90. The molecular formula is C16H21NO2. The van der Waals surface area contributed by atoms with E-state index in [1.807, 2.05) is 57.1 Å². The van der Waals surface area contributed by atoms with Gasteiger partial charge in [-0.3, -0.25) is 9.59 Å². The van der Waals surface area contributed by atoms with E-state index in [0.29, 0.717) is 11.1 Å². The Morgan fingerprint density at radius 2 is 1.68 bits per heavy atom. The lowest BCUT2D eigenvalue weighted by Crippen LogP contribution is -2.22. The van der Waals surface area contributed by atoms with E-state index in [1.165, 1.54) is 0 Å². The first-order chi connectivity index (χ1) is 8.77. The number of allylic oxidation sites excluding steroid dienone is 2. The van der Waals surface area contributed by atoms with E-state index in [4.69, 9.17) is 0 Å². The third-order valence-corrected chi connectivity index (χ3v) is 3.01. The molecule has 0 N–H and O–H groups in total. The Kier molecular flexibility index (Phi) is 4.65. The first-order valence-electron chi connectivity index (χ1n) is 6.25. The van der Waals surface area contributed by atoms with Crippen LogP contribution in [0.4, 0.5) is 5.69 Å². The fourth-order valence-electron chi connectivity index (χ4n) is 1.95. The molecule has 0 spiro atoms. The van der Waals surface area contributed by atoms with Gasteiger partial charge in [-0.15, -0.1) is 0 Å². The van der Waals surface area contributed by atoms with Crippen molar-refractivity contribution in [1.29, 1.82) is 0 Å². The maximum absolute atomic E-state index is 12.4. The number of aldehydes is 1. The summed E-state index contributed by atoms with van der Waals surface area (Å²) in [6, 6.07) is 7.48. The molecule has 0 unspecified atom stereocenters. The summed E-state index contributed by atoms with van der Waals surface area (Å²) in [5, 5.41) is 0. The molecule has 0 saturated carbocycles. The molecule has 3 heteroatoms. The number of ketones is 1. The van der Waals surface area contributed by atoms with Crippen molar-refractivity contribution in [3.05, 3.63) is 41.5 Å². The number of carbonyl (C=O) groups excluding carboxylic acids is 2. The highest BCUT2D eigenvalue weighted by Crippen LogP contribution is 2.26. The van der Waals surface area contributed by atoms with Crippen LogP contribution >= 0.6 is 0 Å². The Morgan fingerprint density at radius 1 is 1.16 bits per heavy atom. The first-order valence-corrected chi connectivity index (χ1v) is 6.25. The number of anilines is 1. The zero-order valence-electron chi connectivity index (χ0n) is 12.2. The van der Waals surface area contributed by atoms with Crippen LogP contribution in [-0.2, 0) is 4.79 Å². The van der Waals surface area contributed by atoms with Crippen LogP contribution < -0.4 is 4.90 Å². The quantitative estimate of drug-likeness (QED) is 0.463. The Bertz CT molecular complexity index is 496. The molecule has 1 aromatic rings. The molecule has 0 radical (unpaired) electrons. The van der Waals surface area contributed by atoms with Gasteiger partial charge in [-0.2, -0.15) is 0 Å². The second-order valence-corrected chi connectivity index (χ2v) is 5.50. The maximum Gasteiger partial charge on any atom is 0.172 e. The lowest BCUT2D eigenvalue weighted by atomic mass is 9.83. The van der Waals surface area contributed by atoms with Crippen LogP contribution in [0.15, 0.2) is 35.9 Å². The van der Waals surface area contributed by atoms with E-state index in [2.05, 4.69) is 0 Å². The van der Waals surface area contributed by atoms with Gasteiger partial charge in [0, 0.05) is 30.8 Å². The summed E-state index contributed by atoms with van der Waals surface area (Å²) < 4.78 is 0. The highest BCUT2D eigenvalue weighted by molar-refractivity contribution is 6.02. The Morgan fingerprint density at radius 3 is 2.11 bits per heavy atom. The summed E-state index contributed by atoms with van der Waals surface area (Å²) in [7, 11) is 3.91. The van der Waals surface area contributed by atoms with Gasteiger partial charge in [-0.1, -0.05) is 6.08 Å². The minimum Gasteiger partial charge on any atom is -0.378 e. The van der Waals surface area contributed by atoms with Crippen LogP contribution in [0.2, 0.25) is 0 Å². The summed E-state index contributed by atoms with van der Waals surface area (Å²) in [5.41, 5.74) is 1.60. The van der Waals surface area contributed by atoms with E-state index < -0.39 is 5.41 Å². The predicted molar refractivity (Wildman–Crippen MR) is 78.7 cm³/mol. The highest BCUT2D eigenvalue weighted by Gasteiger charge is 2.26. The summed E-state index contributed by atoms with van der Waals surface area (Å²) in [4.78, 5) is 25.1. The van der Waals surface area contributed by atoms with Crippen molar-refractivity contribution >= 4 is 17.8 Å². The average Bonchev–Trinajstić information content (AvgIpc) is 2.37. The molecule has 0 aliphatic rings. The smallest absolute Gasteiger partial charge is 0.172 e. The van der Waals surface area contributed by atoms with Gasteiger partial charge in [0.2, 0.25) is 0 Å². The standard InChI is InChI=1S/C16H21NO2/c1-12(11-18)10-16(2,3)15(19)13-6-8-14(9-7-13)17(4)5/h6-11H,1-5H3. The van der Waals surface area contributed by atoms with Crippen LogP contribution in [0, 0.1) is 5.41 Å². The van der Waals surface area contributed by atoms with E-state index in [9.17, 15) is 9.59 Å². The minimum absolute atomic E-state index is 0.0130. The van der Waals surface area contributed by atoms with E-state index in [-0.39, 0.29) is 5.78 Å². The SMILES string of the molecule is CC(C=O)=CC(C)(C)C(=O)c1ccc(N(C)C)cc1. The van der Waals surface area contributed by atoms with Gasteiger partial charge in [0.05, 0.1) is 0 Å². The number of nitrogens with zero attached hydrogens (tertiary/aromatic N) is 1. The molecule has 0 amide bonds. The van der Waals surface area contributed by atoms with Gasteiger partial charge in [-0.25, -0.2) is 0 Å². The molecule has 0 aromatic heterocycles. The van der Waals surface area contributed by atoms with Crippen molar-refractivity contribution in [1.82, 2.24) is 0 Å². The second kappa shape index (κ2) is 5.83. The lowest BCUT2D eigenvalue weighted by Gasteiger charge is -2.20. The monoisotopic (exact) mass is 259 g/mol. The molecule has 1 aromatic carbocycles. The zero-order chi connectivity index (χ0) is 14.6. The third-order valence-electron chi connectivity index (χ3n) is 3.01. The van der Waals surface area contributed by atoms with Gasteiger partial charge in [0.1, 0.15) is 6.29 Å². The minimum atomic E-state index is -0.676. The topological polar surface area (TPSA) is 37.4 Å². The first kappa shape index (κ1) is 15.2. The fraction of sp³-hybridized carbons (Fsp3) is 0.375. The molecular weight excluding hydrogens is 238 g/mol. The van der Waals surface area contributed by atoms with Crippen LogP contribution in [0.3, 0.4) is 0 Å². The van der Waals surface area contributed by atoms with Gasteiger partial charge >= 0.3 is 0 Å². The molecule has 0 fully saturated rings. The van der Waals surface area contributed by atoms with Crippen molar-refractivity contribution in [3.8, 4) is 0 Å². The number of Topliss-reactive ketones (excluding diaryl/α,β-unsaturated/α-hetero) is 1. The molecule has 0 aliphatic heterocycles. The Balaban J connectivity index is 3.03. The van der Waals surface area contributed by atoms with Gasteiger partial charge in [0.25, 0.3) is 0 Å². The van der Waals surface area contributed by atoms with E-state index in [0.717, 1.165) is 12.0 Å². The highest BCUT2D eigenvalue weighted by atomic mass is 16.1. The average molecular weight is 259 g/mol. The fourth-order valence-corrected chi connectivity index (χ4v) is 1.95. The molecule has 19 heavy (non-hydrogen) atoms. The van der Waals surface area contributed by atoms with Crippen LogP contribution in [0.25, 0.3) is 0 Å². The van der Waals surface area contributed by atoms with E-state index >= 15 is 0 Å². The third kappa shape index (κ3) is 3.78. The lowest BCUT2D eigenvalue weighted by molar-refractivity contribution is -0.104. The van der Waals surface area contributed by atoms with E-state index in [1.54, 1.807) is 13.0 Å². The molecule has 0 aliphatic carbocycles.